The Kier molecular flexibility index (Phi) is 5.13. The van der Waals surface area contributed by atoms with Gasteiger partial charge in [0, 0.05) is 35.3 Å². The quantitative estimate of drug-likeness (QED) is 0.784. The van der Waals surface area contributed by atoms with Gasteiger partial charge in [0.05, 0.1) is 5.69 Å². The first-order valence-electron chi connectivity index (χ1n) is 9.69. The summed E-state index contributed by atoms with van der Waals surface area (Å²) in [5, 5.41) is 23.3. The van der Waals surface area contributed by atoms with E-state index >= 15 is 0 Å². The Bertz CT molecular complexity index is 906. The standard InChI is InChI=1S/C22H28N2O3/c1-6-15-12(4)20(23-13(15)5)19-21(26)18(22(19)27)16-10-9-14(11-17(16)25)24(7-2)8-3/h9-11,16,18,23H,6-8H2,1-5H3,(H,26,27). The number of H-pyrrole nitrogens is 1. The van der Waals surface area contributed by atoms with Crippen LogP contribution in [0.5, 0.6) is 0 Å². The number of aliphatic hydroxyl groups excluding tert-OH is 1. The smallest absolute Gasteiger partial charge is 0.202 e. The average Bonchev–Trinajstić information content (AvgIpc) is 2.91. The maximum absolute atomic E-state index is 12.8. The first-order chi connectivity index (χ1) is 12.8. The predicted molar refractivity (Wildman–Crippen MR) is 105 cm³/mol. The summed E-state index contributed by atoms with van der Waals surface area (Å²) in [6.45, 7) is 11.7. The lowest BCUT2D eigenvalue weighted by Crippen LogP contribution is -2.42. The van der Waals surface area contributed by atoms with Crippen molar-refractivity contribution in [1.82, 2.24) is 4.98 Å². The van der Waals surface area contributed by atoms with Gasteiger partial charge in [-0.15, -0.1) is 5.76 Å². The van der Waals surface area contributed by atoms with E-state index in [1.165, 1.54) is 0 Å². The molecular formula is C22H28N2O3. The summed E-state index contributed by atoms with van der Waals surface area (Å²) in [4.78, 5) is 16.1. The third-order valence-corrected chi connectivity index (χ3v) is 5.85. The largest absolute Gasteiger partial charge is 0.874 e. The van der Waals surface area contributed by atoms with Crippen molar-refractivity contribution in [2.45, 2.75) is 41.0 Å². The summed E-state index contributed by atoms with van der Waals surface area (Å²) in [5.74, 6) is -1.69. The lowest BCUT2D eigenvalue weighted by Gasteiger charge is -2.40. The lowest BCUT2D eigenvalue weighted by molar-refractivity contribution is -0.519. The molecule has 2 N–H and O–H groups in total. The van der Waals surface area contributed by atoms with Crippen molar-refractivity contribution in [3.63, 3.8) is 0 Å². The fraction of sp³-hybridized carbons (Fsp3) is 0.455. The fourth-order valence-electron chi connectivity index (χ4n) is 4.28. The van der Waals surface area contributed by atoms with Gasteiger partial charge in [-0.05, 0) is 45.2 Å². The molecule has 5 nitrogen and oxygen atoms in total. The summed E-state index contributed by atoms with van der Waals surface area (Å²) in [6, 6.07) is 0. The topological polar surface area (TPSA) is 79.2 Å². The van der Waals surface area contributed by atoms with Crippen LogP contribution in [0.15, 0.2) is 29.7 Å². The Hall–Kier alpha value is -2.56. The lowest BCUT2D eigenvalue weighted by atomic mass is 9.71. The van der Waals surface area contributed by atoms with Gasteiger partial charge >= 0.3 is 0 Å². The molecule has 0 spiro atoms. The molecule has 1 aromatic heterocycles. The Labute approximate surface area is 160 Å². The number of carbonyl (C=O) groups is 1. The molecule has 5 heteroatoms. The van der Waals surface area contributed by atoms with Crippen LogP contribution in [0.1, 0.15) is 43.3 Å². The van der Waals surface area contributed by atoms with Crippen LogP contribution in [0, 0.1) is 25.7 Å². The van der Waals surface area contributed by atoms with Crippen LogP contribution in [0.25, 0.3) is 5.57 Å². The van der Waals surface area contributed by atoms with Gasteiger partial charge in [-0.25, -0.2) is 4.58 Å². The zero-order chi connectivity index (χ0) is 19.9. The van der Waals surface area contributed by atoms with Crippen molar-refractivity contribution >= 4 is 17.1 Å². The third kappa shape index (κ3) is 2.95. The van der Waals surface area contributed by atoms with Crippen LogP contribution in [0.2, 0.25) is 0 Å². The summed E-state index contributed by atoms with van der Waals surface area (Å²) in [7, 11) is 0. The molecule has 0 fully saturated rings. The Morgan fingerprint density at radius 3 is 2.37 bits per heavy atom. The number of hydrogen-bond acceptors (Lipinski definition) is 3. The zero-order valence-electron chi connectivity index (χ0n) is 16.7. The molecule has 0 amide bonds. The molecule has 0 bridgehead atoms. The van der Waals surface area contributed by atoms with Crippen LogP contribution in [-0.2, 0) is 11.2 Å². The normalized spacial score (nSPS) is 22.2. The maximum atomic E-state index is 12.8. The average molecular weight is 368 g/mol. The van der Waals surface area contributed by atoms with Gasteiger partial charge in [0.1, 0.15) is 18.8 Å². The van der Waals surface area contributed by atoms with E-state index in [2.05, 4.69) is 16.5 Å². The minimum absolute atomic E-state index is 0.0822. The van der Waals surface area contributed by atoms with Gasteiger partial charge < -0.3 is 15.2 Å². The van der Waals surface area contributed by atoms with Crippen LogP contribution < -0.4 is 5.11 Å². The summed E-state index contributed by atoms with van der Waals surface area (Å²) in [5.41, 5.74) is 4.93. The predicted octanol–water partition coefficient (Wildman–Crippen LogP) is 2.59. The van der Waals surface area contributed by atoms with Crippen molar-refractivity contribution in [3.05, 3.63) is 52.3 Å². The fourth-order valence-corrected chi connectivity index (χ4v) is 4.28. The minimum Gasteiger partial charge on any atom is -0.874 e. The van der Waals surface area contributed by atoms with E-state index in [1.807, 2.05) is 33.8 Å². The van der Waals surface area contributed by atoms with Gasteiger partial charge in [0.15, 0.2) is 5.78 Å². The Morgan fingerprint density at radius 2 is 1.89 bits per heavy atom. The highest BCUT2D eigenvalue weighted by atomic mass is 16.3. The van der Waals surface area contributed by atoms with Crippen molar-refractivity contribution in [2.24, 2.45) is 11.8 Å². The summed E-state index contributed by atoms with van der Waals surface area (Å²) in [6.07, 6.45) is 6.21. The minimum atomic E-state index is -0.821. The van der Waals surface area contributed by atoms with E-state index < -0.39 is 11.8 Å². The first-order valence-corrected chi connectivity index (χ1v) is 9.69. The number of ketones is 1. The molecule has 0 radical (unpaired) electrons. The molecule has 0 aromatic carbocycles. The van der Waals surface area contributed by atoms with Crippen molar-refractivity contribution in [3.8, 4) is 0 Å². The number of allylic oxidation sites excluding steroid dienone is 5. The van der Waals surface area contributed by atoms with E-state index in [1.54, 1.807) is 12.2 Å². The second-order valence-corrected chi connectivity index (χ2v) is 7.21. The molecule has 144 valence electrons. The van der Waals surface area contributed by atoms with Gasteiger partial charge in [-0.3, -0.25) is 4.79 Å². The number of carbonyl (C=O) groups excluding carboxylic acids is 1. The molecule has 2 aliphatic carbocycles. The first kappa shape index (κ1) is 19.2. The molecule has 0 saturated heterocycles. The molecule has 1 aromatic rings. The molecular weight excluding hydrogens is 340 g/mol. The number of aromatic amines is 1. The second-order valence-electron chi connectivity index (χ2n) is 7.21. The number of aromatic nitrogens is 1. The Balaban J connectivity index is 1.94. The van der Waals surface area contributed by atoms with E-state index in [-0.39, 0.29) is 22.9 Å². The molecule has 2 atom stereocenters. The van der Waals surface area contributed by atoms with Crippen molar-refractivity contribution in [2.75, 3.05) is 13.1 Å². The molecule has 3 rings (SSSR count). The number of rotatable bonds is 5. The maximum Gasteiger partial charge on any atom is 0.202 e. The van der Waals surface area contributed by atoms with Crippen molar-refractivity contribution < 1.29 is 19.6 Å². The molecule has 27 heavy (non-hydrogen) atoms. The van der Waals surface area contributed by atoms with Gasteiger partial charge in [-0.2, -0.15) is 0 Å². The molecule has 0 saturated carbocycles. The number of hydrogen-bond donors (Lipinski definition) is 2. The monoisotopic (exact) mass is 368 g/mol. The molecule has 2 aliphatic rings. The molecule has 1 heterocycles. The highest BCUT2D eigenvalue weighted by Gasteiger charge is 2.42. The highest BCUT2D eigenvalue weighted by molar-refractivity contribution is 6.29. The van der Waals surface area contributed by atoms with Crippen LogP contribution in [0.3, 0.4) is 0 Å². The van der Waals surface area contributed by atoms with Gasteiger partial charge in [-0.1, -0.05) is 13.0 Å². The van der Waals surface area contributed by atoms with Gasteiger partial charge in [0.25, 0.3) is 0 Å². The van der Waals surface area contributed by atoms with Crippen LogP contribution in [0.4, 0.5) is 0 Å². The molecule has 2 unspecified atom stereocenters. The zero-order valence-corrected chi connectivity index (χ0v) is 16.7. The van der Waals surface area contributed by atoms with E-state index in [9.17, 15) is 15.0 Å². The van der Waals surface area contributed by atoms with E-state index in [4.69, 9.17) is 0 Å². The summed E-state index contributed by atoms with van der Waals surface area (Å²) >= 11 is 0. The van der Waals surface area contributed by atoms with E-state index in [0.717, 1.165) is 42.0 Å². The second kappa shape index (κ2) is 7.22. The van der Waals surface area contributed by atoms with Crippen molar-refractivity contribution in [1.29, 1.82) is 0 Å². The highest BCUT2D eigenvalue weighted by Crippen LogP contribution is 2.43. The third-order valence-electron chi connectivity index (χ3n) is 5.85. The Morgan fingerprint density at radius 1 is 1.22 bits per heavy atom. The number of nitrogens with zero attached hydrogens (tertiary/aromatic N) is 1. The number of aliphatic hydroxyl groups is 1. The van der Waals surface area contributed by atoms with E-state index in [0.29, 0.717) is 5.69 Å². The number of nitrogens with one attached hydrogen (secondary N) is 1. The van der Waals surface area contributed by atoms with Gasteiger partial charge in [0.2, 0.25) is 5.71 Å². The van der Waals surface area contributed by atoms with Crippen LogP contribution >= 0.6 is 0 Å². The summed E-state index contributed by atoms with van der Waals surface area (Å²) < 4.78 is 2.11. The molecule has 0 aliphatic heterocycles. The number of aryl methyl sites for hydroxylation is 1. The SMILES string of the molecule is CCc1c(C)[nH]c(C2=C([O-])C(C3C=CC(=[N+](CC)CC)C=C3O)C2=O)c1C. The number of Topliss-reactive ketones (excluding diaryl/α,β-unsaturated/α-hetero) is 1. The van der Waals surface area contributed by atoms with Crippen LogP contribution in [-0.4, -0.2) is 39.3 Å².